The van der Waals surface area contributed by atoms with Gasteiger partial charge in [-0.1, -0.05) is 18.5 Å². The van der Waals surface area contributed by atoms with Crippen molar-refractivity contribution in [2.24, 2.45) is 13.0 Å². The first-order valence-electron chi connectivity index (χ1n) is 9.33. The lowest BCUT2D eigenvalue weighted by Gasteiger charge is -2.40. The Morgan fingerprint density at radius 1 is 1.30 bits per heavy atom. The second-order valence-electron chi connectivity index (χ2n) is 7.26. The Hall–Kier alpha value is -1.91. The minimum atomic E-state index is -0.514. The summed E-state index contributed by atoms with van der Waals surface area (Å²) in [5, 5.41) is 7.08. The number of nitrogens with zero attached hydrogens (tertiary/aromatic N) is 3. The third-order valence-electron chi connectivity index (χ3n) is 5.12. The van der Waals surface area contributed by atoms with Gasteiger partial charge in [-0.3, -0.25) is 9.48 Å². The zero-order valence-corrected chi connectivity index (χ0v) is 19.0. The van der Waals surface area contributed by atoms with E-state index in [0.29, 0.717) is 5.69 Å². The predicted molar refractivity (Wildman–Crippen MR) is 121 cm³/mol. The van der Waals surface area contributed by atoms with Gasteiger partial charge in [0.15, 0.2) is 0 Å². The van der Waals surface area contributed by atoms with Crippen LogP contribution >= 0.6 is 35.1 Å². The summed E-state index contributed by atoms with van der Waals surface area (Å²) >= 11 is 8.95. The Kier molecular flexibility index (Phi) is 6.17. The molecule has 3 unspecified atom stereocenters. The maximum atomic E-state index is 13.4. The summed E-state index contributed by atoms with van der Waals surface area (Å²) in [4.78, 5) is 15.3. The highest BCUT2D eigenvalue weighted by molar-refractivity contribution is 7.95. The molecular weight excluding hydrogens is 445 g/mol. The molecule has 0 bridgehead atoms. The highest BCUT2D eigenvalue weighted by Crippen LogP contribution is 2.40. The average molecular weight is 466 g/mol. The molecule has 1 aromatic carbocycles. The van der Waals surface area contributed by atoms with E-state index < -0.39 is 5.82 Å². The number of anilines is 1. The molecule has 3 atom stereocenters. The number of aryl methyl sites for hydroxylation is 1. The summed E-state index contributed by atoms with van der Waals surface area (Å²) in [7, 11) is 3.77. The second kappa shape index (κ2) is 8.68. The fourth-order valence-electron chi connectivity index (χ4n) is 3.55. The first-order valence-corrected chi connectivity index (χ1v) is 11.3. The lowest BCUT2D eigenvalue weighted by molar-refractivity contribution is -0.121. The molecule has 158 valence electrons. The summed E-state index contributed by atoms with van der Waals surface area (Å²) in [6, 6.07) is 7.99. The van der Waals surface area contributed by atoms with Crippen LogP contribution in [0.15, 0.2) is 42.7 Å². The number of benzene rings is 1. The average Bonchev–Trinajstić information content (AvgIpc) is 3.34. The molecule has 0 saturated carbocycles. The van der Waals surface area contributed by atoms with Crippen molar-refractivity contribution >= 4 is 46.7 Å². The van der Waals surface area contributed by atoms with Gasteiger partial charge in [-0.25, -0.2) is 13.4 Å². The van der Waals surface area contributed by atoms with Crippen LogP contribution in [0.25, 0.3) is 10.4 Å². The van der Waals surface area contributed by atoms with E-state index in [2.05, 4.69) is 34.2 Å². The van der Waals surface area contributed by atoms with Crippen molar-refractivity contribution in [1.82, 2.24) is 18.8 Å². The molecule has 3 aromatic rings. The number of carbonyl (C=O) groups is 1. The Labute approximate surface area is 187 Å². The molecule has 4 rings (SSSR count). The molecular formula is C20H21ClFN5OS2. The lowest BCUT2D eigenvalue weighted by Crippen LogP contribution is -2.51. The predicted octanol–water partition coefficient (Wildman–Crippen LogP) is 4.72. The molecule has 1 amide bonds. The lowest BCUT2D eigenvalue weighted by atomic mass is 9.92. The van der Waals surface area contributed by atoms with Crippen LogP contribution in [0.4, 0.5) is 10.1 Å². The standard InChI is InChI=1S/C20H21ClFN5OS2/c1-11-18(17-7-6-16(29-17)12-9-23-26(2)10-12)25-30-27(3)19(11)20(28)24-13-4-5-15(22)14(21)8-13/h4-11,18-19,25H,1-3H3,(H,24,28). The third-order valence-corrected chi connectivity index (χ3v) is 7.50. The number of nitrogens with one attached hydrogen (secondary N) is 2. The number of likely N-dealkylation sites (N-methyl/N-ethyl adjacent to an activating group) is 1. The second-order valence-corrected chi connectivity index (χ2v) is 9.78. The SMILES string of the molecule is CC1C(c2ccc(-c3cnn(C)c3)s2)NSN(C)C1C(=O)Nc1ccc(F)c(Cl)c1. The fraction of sp³-hybridized carbons (Fsp3) is 0.300. The number of amides is 1. The highest BCUT2D eigenvalue weighted by atomic mass is 35.5. The van der Waals surface area contributed by atoms with E-state index in [4.69, 9.17) is 11.6 Å². The number of halogens is 2. The zero-order valence-electron chi connectivity index (χ0n) is 16.6. The number of carbonyl (C=O) groups excluding carboxylic acids is 1. The van der Waals surface area contributed by atoms with Gasteiger partial charge in [-0.2, -0.15) is 5.10 Å². The van der Waals surface area contributed by atoms with Gasteiger partial charge < -0.3 is 5.32 Å². The van der Waals surface area contributed by atoms with Crippen LogP contribution in [0.5, 0.6) is 0 Å². The van der Waals surface area contributed by atoms with Crippen LogP contribution in [0, 0.1) is 11.7 Å². The van der Waals surface area contributed by atoms with Gasteiger partial charge >= 0.3 is 0 Å². The van der Waals surface area contributed by atoms with E-state index in [-0.39, 0.29) is 28.9 Å². The van der Waals surface area contributed by atoms with E-state index in [0.717, 1.165) is 15.3 Å². The number of hydrogen-bond acceptors (Lipinski definition) is 6. The normalized spacial score (nSPS) is 22.2. The largest absolute Gasteiger partial charge is 0.325 e. The molecule has 10 heteroatoms. The van der Waals surface area contributed by atoms with Gasteiger partial charge in [0.05, 0.1) is 17.3 Å². The summed E-state index contributed by atoms with van der Waals surface area (Å²) < 4.78 is 20.5. The van der Waals surface area contributed by atoms with E-state index in [1.54, 1.807) is 16.0 Å². The molecule has 30 heavy (non-hydrogen) atoms. The Balaban J connectivity index is 1.52. The maximum Gasteiger partial charge on any atom is 0.243 e. The van der Waals surface area contributed by atoms with Gasteiger partial charge in [0.2, 0.25) is 5.91 Å². The van der Waals surface area contributed by atoms with E-state index in [9.17, 15) is 9.18 Å². The van der Waals surface area contributed by atoms with Gasteiger partial charge in [-0.05, 0) is 37.4 Å². The van der Waals surface area contributed by atoms with Crippen molar-refractivity contribution in [2.75, 3.05) is 12.4 Å². The Bertz CT molecular complexity index is 1070. The molecule has 6 nitrogen and oxygen atoms in total. The molecule has 2 N–H and O–H groups in total. The highest BCUT2D eigenvalue weighted by Gasteiger charge is 2.40. The molecule has 1 aliphatic rings. The minimum Gasteiger partial charge on any atom is -0.325 e. The minimum absolute atomic E-state index is 0.00688. The quantitative estimate of drug-likeness (QED) is 0.546. The van der Waals surface area contributed by atoms with Crippen LogP contribution in [-0.2, 0) is 11.8 Å². The first-order chi connectivity index (χ1) is 14.3. The van der Waals surface area contributed by atoms with Crippen LogP contribution in [0.3, 0.4) is 0 Å². The molecule has 0 radical (unpaired) electrons. The van der Waals surface area contributed by atoms with Crippen molar-refractivity contribution in [3.05, 3.63) is 58.4 Å². The van der Waals surface area contributed by atoms with Crippen molar-refractivity contribution in [3.8, 4) is 10.4 Å². The maximum absolute atomic E-state index is 13.4. The molecule has 0 aliphatic carbocycles. The zero-order chi connectivity index (χ0) is 21.4. The first kappa shape index (κ1) is 21.3. The van der Waals surface area contributed by atoms with Crippen molar-refractivity contribution in [1.29, 1.82) is 0 Å². The number of rotatable bonds is 4. The van der Waals surface area contributed by atoms with Gasteiger partial charge in [-0.15, -0.1) is 11.3 Å². The number of aromatic nitrogens is 2. The van der Waals surface area contributed by atoms with E-state index >= 15 is 0 Å². The summed E-state index contributed by atoms with van der Waals surface area (Å²) in [6.45, 7) is 2.05. The number of thiophene rings is 1. The van der Waals surface area contributed by atoms with Crippen LogP contribution in [-0.4, -0.2) is 33.1 Å². The molecule has 0 spiro atoms. The summed E-state index contributed by atoms with van der Waals surface area (Å²) in [5.74, 6) is -0.678. The van der Waals surface area contributed by atoms with Crippen LogP contribution in [0.1, 0.15) is 17.8 Å². The molecule has 1 saturated heterocycles. The van der Waals surface area contributed by atoms with Crippen LogP contribution < -0.4 is 10.0 Å². The monoisotopic (exact) mass is 465 g/mol. The Morgan fingerprint density at radius 2 is 2.10 bits per heavy atom. The van der Waals surface area contributed by atoms with Gasteiger partial charge in [0.1, 0.15) is 11.9 Å². The summed E-state index contributed by atoms with van der Waals surface area (Å²) in [6.07, 6.45) is 3.83. The fourth-order valence-corrected chi connectivity index (χ4v) is 5.98. The topological polar surface area (TPSA) is 62.2 Å². The van der Waals surface area contributed by atoms with E-state index in [1.165, 1.54) is 30.3 Å². The number of hydrogen-bond donors (Lipinski definition) is 2. The molecule has 1 aliphatic heterocycles. The third kappa shape index (κ3) is 4.26. The van der Waals surface area contributed by atoms with Crippen molar-refractivity contribution in [3.63, 3.8) is 0 Å². The van der Waals surface area contributed by atoms with Crippen LogP contribution in [0.2, 0.25) is 5.02 Å². The van der Waals surface area contributed by atoms with Crippen molar-refractivity contribution in [2.45, 2.75) is 19.0 Å². The van der Waals surface area contributed by atoms with E-state index in [1.807, 2.05) is 30.8 Å². The molecule has 2 aromatic heterocycles. The summed E-state index contributed by atoms with van der Waals surface area (Å²) in [5.41, 5.74) is 1.55. The van der Waals surface area contributed by atoms with Gasteiger partial charge in [0, 0.05) is 52.3 Å². The molecule has 3 heterocycles. The smallest absolute Gasteiger partial charge is 0.243 e. The molecule has 1 fully saturated rings. The van der Waals surface area contributed by atoms with Gasteiger partial charge in [0.25, 0.3) is 0 Å². The Morgan fingerprint density at radius 3 is 2.80 bits per heavy atom. The van der Waals surface area contributed by atoms with Crippen molar-refractivity contribution < 1.29 is 9.18 Å².